The normalized spacial score (nSPS) is 37.8. The number of nitrogens with one attached hydrogen (secondary N) is 1. The number of fused-ring (bicyclic) bond motifs is 1. The van der Waals surface area contributed by atoms with E-state index in [1.807, 2.05) is 38.9 Å². The molecule has 0 saturated carbocycles. The fourth-order valence-electron chi connectivity index (χ4n) is 8.99. The number of ketones is 2. The summed E-state index contributed by atoms with van der Waals surface area (Å²) in [5.74, 6) is -6.09. The van der Waals surface area contributed by atoms with Crippen molar-refractivity contribution in [1.29, 1.82) is 0 Å². The highest BCUT2D eigenvalue weighted by atomic mass is 19.1. The van der Waals surface area contributed by atoms with E-state index in [2.05, 4.69) is 5.32 Å². The van der Waals surface area contributed by atoms with E-state index >= 15 is 4.39 Å². The Kier molecular flexibility index (Phi) is 15.1. The number of anilines is 1. The summed E-state index contributed by atoms with van der Waals surface area (Å²) < 4.78 is 52.5. The van der Waals surface area contributed by atoms with E-state index in [0.29, 0.717) is 12.1 Å². The maximum Gasteiger partial charge on any atom is 0.411 e. The van der Waals surface area contributed by atoms with Crippen LogP contribution in [-0.4, -0.2) is 139 Å². The molecule has 326 valence electrons. The number of esters is 1. The van der Waals surface area contributed by atoms with Crippen molar-refractivity contribution >= 4 is 35.4 Å². The van der Waals surface area contributed by atoms with Gasteiger partial charge in [-0.05, 0) is 92.1 Å². The first-order chi connectivity index (χ1) is 27.0. The van der Waals surface area contributed by atoms with Gasteiger partial charge in [-0.15, -0.1) is 0 Å². The smallest absolute Gasteiger partial charge is 0.411 e. The van der Waals surface area contributed by atoms with Crippen LogP contribution in [0.4, 0.5) is 19.7 Å². The van der Waals surface area contributed by atoms with Gasteiger partial charge in [0.05, 0.1) is 30.5 Å². The molecule has 58 heavy (non-hydrogen) atoms. The number of ether oxygens (including phenoxy) is 6. The molecule has 15 nitrogen and oxygen atoms in total. The molecule has 0 radical (unpaired) electrons. The summed E-state index contributed by atoms with van der Waals surface area (Å²) >= 11 is 0. The number of amides is 2. The number of hydrogen-bond donors (Lipinski definition) is 2. The summed E-state index contributed by atoms with van der Waals surface area (Å²) in [6.07, 6.45) is -6.28. The minimum atomic E-state index is -3.21. The standard InChI is InChI=1S/C42H64FN3O12/c1-13-30-42(9)33(46(39(52)58-42)18-15-19-54-38(51)44-28-17-14-16-23(2)20-28)26(5)31(47)24(3)22-40(7,53-12)35(27(6)34(49)41(8,43)37(50)56-30)57-36-32(48)29(45(10)11)21-25(4)55-36/h14,16-17,20,24-27,29-30,32-33,35-36,48H,13,15,18-19,21-22H2,1-12H3,(H,44,51)/t24-,25-,26+,27+,29+,30-,32-,33-,35-,36+,40-,41+,42-/m1/s1. The van der Waals surface area contributed by atoms with Crippen LogP contribution in [0.3, 0.4) is 0 Å². The fraction of sp³-hybridized carbons (Fsp3) is 0.738. The molecule has 13 atom stereocenters. The zero-order chi connectivity index (χ0) is 43.5. The van der Waals surface area contributed by atoms with E-state index in [-0.39, 0.29) is 50.3 Å². The van der Waals surface area contributed by atoms with Crippen molar-refractivity contribution in [3.63, 3.8) is 0 Å². The number of hydrogen-bond acceptors (Lipinski definition) is 13. The lowest BCUT2D eigenvalue weighted by molar-refractivity contribution is -0.295. The zero-order valence-corrected chi connectivity index (χ0v) is 36.0. The number of Topliss-reactive ketones (excluding diaryl/α,β-unsaturated/α-hetero) is 2. The molecule has 3 fully saturated rings. The fourth-order valence-corrected chi connectivity index (χ4v) is 8.99. The van der Waals surface area contributed by atoms with E-state index in [4.69, 9.17) is 28.4 Å². The number of carbonyl (C=O) groups excluding carboxylic acids is 5. The third-order valence-corrected chi connectivity index (χ3v) is 12.2. The largest absolute Gasteiger partial charge is 0.455 e. The summed E-state index contributed by atoms with van der Waals surface area (Å²) in [6.45, 7) is 14.0. The van der Waals surface area contributed by atoms with Gasteiger partial charge < -0.3 is 43.3 Å². The van der Waals surface area contributed by atoms with Crippen molar-refractivity contribution < 1.29 is 61.9 Å². The number of methoxy groups -OCH3 is 1. The van der Waals surface area contributed by atoms with Gasteiger partial charge in [-0.2, -0.15) is 0 Å². The molecule has 2 amide bonds. The third-order valence-electron chi connectivity index (χ3n) is 12.2. The molecule has 4 rings (SSSR count). The SMILES string of the molecule is CC[C@H]1OC(=O)[C@@](C)(F)C(=O)[C@H](C)[C@@H](O[C@@H]2O[C@H](C)C[C@H](N(C)C)[C@H]2O)[C@](C)(OC)C[C@@H](C)C(=O)[C@H](C)[C@H]2N(CCCOC(=O)Nc3cccc(C)c3)C(=O)O[C@]12C. The number of nitrogens with zero attached hydrogens (tertiary/aromatic N) is 2. The minimum Gasteiger partial charge on any atom is -0.455 e. The molecule has 3 aliphatic rings. The molecule has 0 aliphatic carbocycles. The molecule has 0 spiro atoms. The van der Waals surface area contributed by atoms with Crippen LogP contribution in [0.2, 0.25) is 0 Å². The van der Waals surface area contributed by atoms with Gasteiger partial charge in [-0.25, -0.2) is 18.8 Å². The van der Waals surface area contributed by atoms with Gasteiger partial charge in [-0.3, -0.25) is 14.9 Å². The van der Waals surface area contributed by atoms with E-state index in [0.717, 1.165) is 12.5 Å². The number of benzene rings is 1. The minimum absolute atomic E-state index is 0.00813. The predicted molar refractivity (Wildman–Crippen MR) is 211 cm³/mol. The highest BCUT2D eigenvalue weighted by Crippen LogP contribution is 2.43. The van der Waals surface area contributed by atoms with Crippen molar-refractivity contribution in [2.75, 3.05) is 39.7 Å². The van der Waals surface area contributed by atoms with Crippen LogP contribution >= 0.6 is 0 Å². The van der Waals surface area contributed by atoms with Crippen LogP contribution in [-0.2, 0) is 42.8 Å². The molecular formula is C42H64FN3O12. The number of aliphatic hydroxyl groups excluding tert-OH is 1. The van der Waals surface area contributed by atoms with Gasteiger partial charge in [-0.1, -0.05) is 39.8 Å². The summed E-state index contributed by atoms with van der Waals surface area (Å²) in [5.41, 5.74) is -4.86. The van der Waals surface area contributed by atoms with Crippen LogP contribution < -0.4 is 5.32 Å². The second-order valence-corrected chi connectivity index (χ2v) is 17.1. The lowest BCUT2D eigenvalue weighted by atomic mass is 9.73. The monoisotopic (exact) mass is 821 g/mol. The van der Waals surface area contributed by atoms with Gasteiger partial charge >= 0.3 is 18.2 Å². The number of likely N-dealkylation sites (N-methyl/N-ethyl adjacent to an activating group) is 1. The first kappa shape index (κ1) is 47.0. The number of rotatable bonds is 10. The number of aryl methyl sites for hydroxylation is 1. The van der Waals surface area contributed by atoms with Crippen molar-refractivity contribution in [3.8, 4) is 0 Å². The third kappa shape index (κ3) is 9.83. The van der Waals surface area contributed by atoms with E-state index < -0.39 is 89.2 Å². The number of carbonyl (C=O) groups is 5. The number of halogens is 1. The summed E-state index contributed by atoms with van der Waals surface area (Å²) in [6, 6.07) is 5.78. The number of aliphatic hydroxyl groups is 1. The molecule has 16 heteroatoms. The first-order valence-corrected chi connectivity index (χ1v) is 20.2. The molecule has 0 unspecified atom stereocenters. The molecule has 3 aliphatic heterocycles. The van der Waals surface area contributed by atoms with Gasteiger partial charge in [0.25, 0.3) is 5.67 Å². The molecule has 0 bridgehead atoms. The lowest BCUT2D eigenvalue weighted by Crippen LogP contribution is -2.61. The average molecular weight is 822 g/mol. The molecule has 3 saturated heterocycles. The van der Waals surface area contributed by atoms with Crippen molar-refractivity contribution in [2.45, 2.75) is 148 Å². The molecule has 1 aromatic rings. The Labute approximate surface area is 341 Å². The molecule has 2 N–H and O–H groups in total. The number of alkyl halides is 1. The number of cyclic esters (lactones) is 1. The summed E-state index contributed by atoms with van der Waals surface area (Å²) in [4.78, 5) is 72.1. The van der Waals surface area contributed by atoms with E-state index in [1.54, 1.807) is 45.9 Å². The van der Waals surface area contributed by atoms with Crippen LogP contribution in [0.5, 0.6) is 0 Å². The van der Waals surface area contributed by atoms with Gasteiger partial charge in [0, 0.05) is 43.1 Å². The van der Waals surface area contributed by atoms with E-state index in [1.165, 1.54) is 25.9 Å². The highest BCUT2D eigenvalue weighted by molar-refractivity contribution is 6.08. The molecule has 1 aromatic carbocycles. The van der Waals surface area contributed by atoms with Crippen LogP contribution in [0.1, 0.15) is 86.6 Å². The Morgan fingerprint density at radius 2 is 1.76 bits per heavy atom. The molecular weight excluding hydrogens is 757 g/mol. The topological polar surface area (TPSA) is 179 Å². The summed E-state index contributed by atoms with van der Waals surface area (Å²) in [7, 11) is 4.99. The second kappa shape index (κ2) is 18.7. The Bertz CT molecular complexity index is 1660. The quantitative estimate of drug-likeness (QED) is 0.136. The predicted octanol–water partition coefficient (Wildman–Crippen LogP) is 5.23. The Balaban J connectivity index is 1.69. The lowest BCUT2D eigenvalue weighted by Gasteiger charge is -2.47. The van der Waals surface area contributed by atoms with Crippen molar-refractivity contribution in [1.82, 2.24) is 9.80 Å². The second-order valence-electron chi connectivity index (χ2n) is 17.1. The van der Waals surface area contributed by atoms with Gasteiger partial charge in [0.15, 0.2) is 17.7 Å². The van der Waals surface area contributed by atoms with Gasteiger partial charge in [0.1, 0.15) is 18.0 Å². The van der Waals surface area contributed by atoms with Gasteiger partial charge in [0.2, 0.25) is 0 Å². The maximum atomic E-state index is 16.8. The Morgan fingerprint density at radius 1 is 1.09 bits per heavy atom. The van der Waals surface area contributed by atoms with Crippen molar-refractivity contribution in [3.05, 3.63) is 29.8 Å². The first-order valence-electron chi connectivity index (χ1n) is 20.2. The van der Waals surface area contributed by atoms with Crippen LogP contribution in [0.25, 0.3) is 0 Å². The van der Waals surface area contributed by atoms with Crippen LogP contribution in [0, 0.1) is 24.7 Å². The molecule has 3 heterocycles. The Morgan fingerprint density at radius 3 is 2.36 bits per heavy atom. The molecule has 0 aromatic heterocycles. The van der Waals surface area contributed by atoms with Crippen molar-refractivity contribution in [2.24, 2.45) is 17.8 Å². The highest BCUT2D eigenvalue weighted by Gasteiger charge is 2.61. The summed E-state index contributed by atoms with van der Waals surface area (Å²) in [5, 5.41) is 14.0. The average Bonchev–Trinajstić information content (AvgIpc) is 3.42. The zero-order valence-electron chi connectivity index (χ0n) is 36.0. The maximum absolute atomic E-state index is 16.8. The Hall–Kier alpha value is -3.70. The van der Waals surface area contributed by atoms with Crippen LogP contribution in [0.15, 0.2) is 24.3 Å². The van der Waals surface area contributed by atoms with E-state index in [9.17, 15) is 29.1 Å².